The molecule has 206 valence electrons. The van der Waals surface area contributed by atoms with Gasteiger partial charge < -0.3 is 29.9 Å². The molecule has 4 heterocycles. The fourth-order valence-electron chi connectivity index (χ4n) is 4.10. The Balaban J connectivity index is 1.34. The SMILES string of the molecule is CC1(C)Oc2ccc(Nc3nc(Nc4ccc(N5CCOCC5)cc4)ncc3F)nc2N(CO[PH](=O)O)C1=O. The van der Waals surface area contributed by atoms with E-state index in [9.17, 15) is 13.8 Å². The van der Waals surface area contributed by atoms with Crippen LogP contribution >= 0.6 is 8.25 Å². The van der Waals surface area contributed by atoms with Crippen molar-refractivity contribution in [1.82, 2.24) is 15.0 Å². The van der Waals surface area contributed by atoms with E-state index in [0.29, 0.717) is 18.9 Å². The van der Waals surface area contributed by atoms with Gasteiger partial charge in [-0.15, -0.1) is 0 Å². The second kappa shape index (κ2) is 11.1. The van der Waals surface area contributed by atoms with Gasteiger partial charge in [0.1, 0.15) is 12.5 Å². The van der Waals surface area contributed by atoms with E-state index in [0.717, 1.165) is 29.9 Å². The minimum Gasteiger partial charge on any atom is -0.474 e. The van der Waals surface area contributed by atoms with Crippen molar-refractivity contribution in [2.75, 3.05) is 53.5 Å². The van der Waals surface area contributed by atoms with E-state index in [1.807, 2.05) is 24.3 Å². The smallest absolute Gasteiger partial charge is 0.318 e. The topological polar surface area (TPSA) is 151 Å². The first-order valence-electron chi connectivity index (χ1n) is 12.1. The van der Waals surface area contributed by atoms with E-state index in [4.69, 9.17) is 18.9 Å². The second-order valence-corrected chi connectivity index (χ2v) is 10.0. The van der Waals surface area contributed by atoms with Gasteiger partial charge in [-0.25, -0.2) is 14.4 Å². The molecule has 1 saturated heterocycles. The third kappa shape index (κ3) is 6.09. The minimum absolute atomic E-state index is 0.0424. The van der Waals surface area contributed by atoms with Crippen LogP contribution in [0, 0.1) is 5.82 Å². The number of rotatable bonds is 8. The minimum atomic E-state index is -3.31. The molecule has 1 atom stereocenters. The van der Waals surface area contributed by atoms with Crippen LogP contribution in [-0.2, 0) is 18.6 Å². The Hall–Kier alpha value is -3.84. The quantitative estimate of drug-likeness (QED) is 0.348. The highest BCUT2D eigenvalue weighted by Gasteiger charge is 2.42. The Morgan fingerprint density at radius 2 is 1.87 bits per heavy atom. The third-order valence-corrected chi connectivity index (χ3v) is 6.40. The van der Waals surface area contributed by atoms with Crippen molar-refractivity contribution in [3.63, 3.8) is 0 Å². The molecule has 0 bridgehead atoms. The van der Waals surface area contributed by atoms with Gasteiger partial charge in [0.15, 0.2) is 28.8 Å². The first-order chi connectivity index (χ1) is 18.7. The van der Waals surface area contributed by atoms with Crippen LogP contribution in [-0.4, -0.2) is 64.4 Å². The first kappa shape index (κ1) is 26.8. The standard InChI is InChI=1S/C24H27FN7O6P/c1-24(2)22(33)32(14-37-39(34)35)21-18(38-24)7-8-19(29-21)28-20-17(25)13-26-23(30-20)27-15-3-5-16(6-4-15)31-9-11-36-12-10-31/h3-8,13,39H,9-12,14H2,1-2H3,(H,34,35)(H2,26,27,28,29,30). The van der Waals surface area contributed by atoms with E-state index >= 15 is 0 Å². The van der Waals surface area contributed by atoms with E-state index in [1.54, 1.807) is 19.9 Å². The third-order valence-electron chi connectivity index (χ3n) is 6.03. The van der Waals surface area contributed by atoms with Gasteiger partial charge in [-0.1, -0.05) is 0 Å². The summed E-state index contributed by atoms with van der Waals surface area (Å²) in [6.07, 6.45) is 1.02. The van der Waals surface area contributed by atoms with Crippen LogP contribution in [0.5, 0.6) is 5.75 Å². The highest BCUT2D eigenvalue weighted by molar-refractivity contribution is 7.32. The summed E-state index contributed by atoms with van der Waals surface area (Å²) in [5.41, 5.74) is 0.535. The van der Waals surface area contributed by atoms with Crippen LogP contribution in [0.2, 0.25) is 0 Å². The Labute approximate surface area is 223 Å². The van der Waals surface area contributed by atoms with E-state index in [2.05, 4.69) is 30.5 Å². The molecule has 3 N–H and O–H groups in total. The Kier molecular flexibility index (Phi) is 7.62. The summed E-state index contributed by atoms with van der Waals surface area (Å²) in [5, 5.41) is 5.84. The molecule has 1 amide bonds. The number of fused-ring (bicyclic) bond motifs is 1. The molecule has 3 aromatic rings. The lowest BCUT2D eigenvalue weighted by Crippen LogP contribution is -2.53. The van der Waals surface area contributed by atoms with E-state index < -0.39 is 32.3 Å². The maximum Gasteiger partial charge on any atom is 0.318 e. The number of hydrogen-bond acceptors (Lipinski definition) is 11. The van der Waals surface area contributed by atoms with Gasteiger partial charge in [0.25, 0.3) is 5.91 Å². The lowest BCUT2D eigenvalue weighted by molar-refractivity contribution is -0.133. The summed E-state index contributed by atoms with van der Waals surface area (Å²) in [4.78, 5) is 37.9. The van der Waals surface area contributed by atoms with Gasteiger partial charge in [-0.2, -0.15) is 4.98 Å². The lowest BCUT2D eigenvalue weighted by Gasteiger charge is -2.37. The van der Waals surface area contributed by atoms with Crippen molar-refractivity contribution >= 4 is 48.9 Å². The number of pyridine rings is 1. The molecule has 15 heteroatoms. The zero-order valence-electron chi connectivity index (χ0n) is 21.2. The van der Waals surface area contributed by atoms with Crippen LogP contribution in [0.1, 0.15) is 13.8 Å². The summed E-state index contributed by atoms with van der Waals surface area (Å²) >= 11 is 0. The molecule has 2 aliphatic rings. The number of anilines is 6. The highest BCUT2D eigenvalue weighted by Crippen LogP contribution is 2.38. The highest BCUT2D eigenvalue weighted by atomic mass is 31.1. The molecule has 2 aromatic heterocycles. The maximum absolute atomic E-state index is 14.6. The molecule has 0 spiro atoms. The zero-order chi connectivity index (χ0) is 27.6. The van der Waals surface area contributed by atoms with Gasteiger partial charge >= 0.3 is 8.25 Å². The number of carbonyl (C=O) groups is 1. The number of nitrogens with zero attached hydrogens (tertiary/aromatic N) is 5. The van der Waals surface area contributed by atoms with Crippen molar-refractivity contribution in [2.24, 2.45) is 0 Å². The number of ether oxygens (including phenoxy) is 2. The molecule has 39 heavy (non-hydrogen) atoms. The van der Waals surface area contributed by atoms with Crippen molar-refractivity contribution < 1.29 is 32.6 Å². The van der Waals surface area contributed by atoms with Crippen molar-refractivity contribution in [2.45, 2.75) is 19.4 Å². The fourth-order valence-corrected chi connectivity index (χ4v) is 4.34. The first-order valence-corrected chi connectivity index (χ1v) is 13.3. The average molecular weight is 559 g/mol. The predicted octanol–water partition coefficient (Wildman–Crippen LogP) is 3.19. The van der Waals surface area contributed by atoms with Gasteiger partial charge in [-0.05, 0) is 50.2 Å². The summed E-state index contributed by atoms with van der Waals surface area (Å²) in [7, 11) is -3.31. The monoisotopic (exact) mass is 559 g/mol. The number of amides is 1. The molecule has 0 saturated carbocycles. The lowest BCUT2D eigenvalue weighted by atomic mass is 10.1. The van der Waals surface area contributed by atoms with Crippen LogP contribution in [0.25, 0.3) is 0 Å². The molecule has 1 unspecified atom stereocenters. The predicted molar refractivity (Wildman–Crippen MR) is 142 cm³/mol. The summed E-state index contributed by atoms with van der Waals surface area (Å²) < 4.78 is 41.6. The van der Waals surface area contributed by atoms with Gasteiger partial charge in [0.2, 0.25) is 5.95 Å². The van der Waals surface area contributed by atoms with E-state index in [1.165, 1.54) is 6.07 Å². The Morgan fingerprint density at radius 1 is 1.13 bits per heavy atom. The Morgan fingerprint density at radius 3 is 2.59 bits per heavy atom. The number of hydrogen-bond donors (Lipinski definition) is 3. The molecule has 0 aliphatic carbocycles. The summed E-state index contributed by atoms with van der Waals surface area (Å²) in [5.74, 6) is -0.823. The maximum atomic E-state index is 14.6. The molecule has 5 rings (SSSR count). The van der Waals surface area contributed by atoms with Crippen molar-refractivity contribution in [3.05, 3.63) is 48.4 Å². The molecular weight excluding hydrogens is 532 g/mol. The second-order valence-electron chi connectivity index (χ2n) is 9.19. The van der Waals surface area contributed by atoms with Crippen LogP contribution in [0.15, 0.2) is 42.6 Å². The van der Waals surface area contributed by atoms with Crippen LogP contribution in [0.3, 0.4) is 0 Å². The van der Waals surface area contributed by atoms with Crippen molar-refractivity contribution in [3.8, 4) is 5.75 Å². The van der Waals surface area contributed by atoms with Gasteiger partial charge in [-0.3, -0.25) is 18.8 Å². The number of morpholine rings is 1. The molecular formula is C24H27FN7O6P. The molecule has 13 nitrogen and oxygen atoms in total. The number of aromatic nitrogens is 3. The number of benzene rings is 1. The fraction of sp³-hybridized carbons (Fsp3) is 0.333. The van der Waals surface area contributed by atoms with Crippen LogP contribution < -0.4 is 25.2 Å². The number of halogens is 1. The molecule has 1 aromatic carbocycles. The largest absolute Gasteiger partial charge is 0.474 e. The summed E-state index contributed by atoms with van der Waals surface area (Å²) in [6, 6.07) is 10.8. The normalized spacial score (nSPS) is 17.3. The van der Waals surface area contributed by atoms with Crippen LogP contribution in [0.4, 0.5) is 39.2 Å². The van der Waals surface area contributed by atoms with E-state index in [-0.39, 0.29) is 29.2 Å². The average Bonchev–Trinajstić information content (AvgIpc) is 2.92. The molecule has 1 fully saturated rings. The van der Waals surface area contributed by atoms with Crippen molar-refractivity contribution in [1.29, 1.82) is 0 Å². The zero-order valence-corrected chi connectivity index (χ0v) is 22.2. The molecule has 2 aliphatic heterocycles. The van der Waals surface area contributed by atoms with Gasteiger partial charge in [0.05, 0.1) is 19.4 Å². The molecule has 0 radical (unpaired) electrons. The summed E-state index contributed by atoms with van der Waals surface area (Å²) in [6.45, 7) is 5.63. The van der Waals surface area contributed by atoms with Gasteiger partial charge in [0, 0.05) is 24.5 Å². The number of carbonyl (C=O) groups excluding carboxylic acids is 1. The Bertz CT molecular complexity index is 1390. The number of nitrogens with one attached hydrogen (secondary N) is 2.